The second kappa shape index (κ2) is 12.2. The molecule has 0 radical (unpaired) electrons. The fourth-order valence-corrected chi connectivity index (χ4v) is 5.49. The maximum atomic E-state index is 14.2. The number of rotatable bonds is 5. The highest BCUT2D eigenvalue weighted by atomic mass is 35.5. The van der Waals surface area contributed by atoms with Crippen molar-refractivity contribution < 1.29 is 19.4 Å². The van der Waals surface area contributed by atoms with Crippen LogP contribution in [-0.4, -0.2) is 70.2 Å². The number of amides is 1. The largest absolute Gasteiger partial charge is 0.478 e. The number of fused-ring (bicyclic) bond motifs is 1. The third-order valence-corrected chi connectivity index (χ3v) is 7.68. The van der Waals surface area contributed by atoms with E-state index in [-0.39, 0.29) is 17.5 Å². The van der Waals surface area contributed by atoms with Gasteiger partial charge in [0.15, 0.2) is 0 Å². The SMILES string of the molecule is CC.Cc1c(C(=O)O)cc(-c2cc(Cl)ccc2C(=O)N2Cc3ccccc3CC2CN2CCOCC2)n1C. The fourth-order valence-electron chi connectivity index (χ4n) is 5.31. The Bertz CT molecular complexity index is 1310. The van der Waals surface area contributed by atoms with E-state index >= 15 is 0 Å². The molecule has 1 saturated heterocycles. The number of benzene rings is 2. The molecule has 0 aliphatic carbocycles. The molecule has 202 valence electrons. The fraction of sp³-hybridized carbons (Fsp3) is 0.400. The van der Waals surface area contributed by atoms with Crippen LogP contribution in [0.2, 0.25) is 5.02 Å². The number of carboxylic acid groups (broad SMARTS) is 1. The molecule has 2 aliphatic heterocycles. The highest BCUT2D eigenvalue weighted by Gasteiger charge is 2.33. The Morgan fingerprint density at radius 3 is 2.37 bits per heavy atom. The van der Waals surface area contributed by atoms with E-state index in [1.165, 1.54) is 5.56 Å². The van der Waals surface area contributed by atoms with Gasteiger partial charge < -0.3 is 19.3 Å². The Morgan fingerprint density at radius 1 is 1.03 bits per heavy atom. The normalized spacial score (nSPS) is 17.4. The van der Waals surface area contributed by atoms with Crippen molar-refractivity contribution in [2.24, 2.45) is 7.05 Å². The van der Waals surface area contributed by atoms with Gasteiger partial charge in [-0.15, -0.1) is 0 Å². The van der Waals surface area contributed by atoms with Gasteiger partial charge in [-0.3, -0.25) is 9.69 Å². The van der Waals surface area contributed by atoms with Gasteiger partial charge in [0.25, 0.3) is 5.91 Å². The third-order valence-electron chi connectivity index (χ3n) is 7.44. The Labute approximate surface area is 229 Å². The van der Waals surface area contributed by atoms with Crippen LogP contribution < -0.4 is 0 Å². The van der Waals surface area contributed by atoms with Crippen LogP contribution in [-0.2, 0) is 24.8 Å². The molecule has 2 aromatic carbocycles. The predicted octanol–water partition coefficient (Wildman–Crippen LogP) is 5.28. The maximum Gasteiger partial charge on any atom is 0.337 e. The number of aromatic carboxylic acids is 1. The van der Waals surface area contributed by atoms with Crippen molar-refractivity contribution in [2.75, 3.05) is 32.8 Å². The van der Waals surface area contributed by atoms with Gasteiger partial charge in [-0.1, -0.05) is 49.7 Å². The monoisotopic (exact) mass is 537 g/mol. The van der Waals surface area contributed by atoms with E-state index in [0.717, 1.165) is 31.6 Å². The van der Waals surface area contributed by atoms with Crippen LogP contribution in [0.3, 0.4) is 0 Å². The molecule has 0 saturated carbocycles. The summed E-state index contributed by atoms with van der Waals surface area (Å²) in [5, 5.41) is 10.1. The zero-order valence-corrected chi connectivity index (χ0v) is 23.3. The number of ether oxygens (including phenoxy) is 1. The summed E-state index contributed by atoms with van der Waals surface area (Å²) in [4.78, 5) is 30.3. The van der Waals surface area contributed by atoms with E-state index < -0.39 is 5.97 Å². The molecule has 7 nitrogen and oxygen atoms in total. The summed E-state index contributed by atoms with van der Waals surface area (Å²) in [6.07, 6.45) is 0.786. The second-order valence-electron chi connectivity index (χ2n) is 9.56. The van der Waals surface area contributed by atoms with Crippen LogP contribution in [0.25, 0.3) is 11.3 Å². The second-order valence-corrected chi connectivity index (χ2v) is 9.99. The molecule has 0 spiro atoms. The number of aromatic nitrogens is 1. The number of hydrogen-bond donors (Lipinski definition) is 1. The Hall–Kier alpha value is -3.13. The van der Waals surface area contributed by atoms with Gasteiger partial charge in [-0.05, 0) is 48.7 Å². The van der Waals surface area contributed by atoms with Crippen LogP contribution in [0, 0.1) is 6.92 Å². The molecular formula is C30H36ClN3O4. The quantitative estimate of drug-likeness (QED) is 0.479. The summed E-state index contributed by atoms with van der Waals surface area (Å²) in [7, 11) is 1.81. The lowest BCUT2D eigenvalue weighted by atomic mass is 9.92. The zero-order chi connectivity index (χ0) is 27.4. The van der Waals surface area contributed by atoms with Gasteiger partial charge in [0.05, 0.1) is 18.8 Å². The van der Waals surface area contributed by atoms with E-state index in [0.29, 0.717) is 47.3 Å². The van der Waals surface area contributed by atoms with E-state index in [4.69, 9.17) is 16.3 Å². The van der Waals surface area contributed by atoms with Crippen molar-refractivity contribution in [3.63, 3.8) is 0 Å². The molecule has 38 heavy (non-hydrogen) atoms. The number of halogens is 1. The molecule has 3 heterocycles. The first kappa shape index (κ1) is 27.9. The number of morpholine rings is 1. The smallest absolute Gasteiger partial charge is 0.337 e. The van der Waals surface area contributed by atoms with Crippen molar-refractivity contribution in [2.45, 2.75) is 39.8 Å². The number of nitrogens with zero attached hydrogens (tertiary/aromatic N) is 3. The van der Waals surface area contributed by atoms with Crippen molar-refractivity contribution in [1.82, 2.24) is 14.4 Å². The lowest BCUT2D eigenvalue weighted by Crippen LogP contribution is -2.52. The molecule has 1 aromatic heterocycles. The predicted molar refractivity (Wildman–Crippen MR) is 150 cm³/mol. The molecule has 1 atom stereocenters. The summed E-state index contributed by atoms with van der Waals surface area (Å²) in [6.45, 7) is 10.2. The molecular weight excluding hydrogens is 502 g/mol. The molecule has 1 amide bonds. The molecule has 3 aromatic rings. The van der Waals surface area contributed by atoms with Gasteiger partial charge >= 0.3 is 5.97 Å². The van der Waals surface area contributed by atoms with Crippen molar-refractivity contribution in [1.29, 1.82) is 0 Å². The summed E-state index contributed by atoms with van der Waals surface area (Å²) in [5.41, 5.74) is 5.06. The Morgan fingerprint density at radius 2 is 1.71 bits per heavy atom. The van der Waals surface area contributed by atoms with Gasteiger partial charge in [0, 0.05) is 66.8 Å². The van der Waals surface area contributed by atoms with Crippen molar-refractivity contribution in [3.8, 4) is 11.3 Å². The summed E-state index contributed by atoms with van der Waals surface area (Å²) in [5.74, 6) is -1.08. The van der Waals surface area contributed by atoms with E-state index in [2.05, 4.69) is 23.1 Å². The number of carbonyl (C=O) groups is 2. The summed E-state index contributed by atoms with van der Waals surface area (Å²) in [6, 6.07) is 15.2. The zero-order valence-electron chi connectivity index (χ0n) is 22.5. The lowest BCUT2D eigenvalue weighted by molar-refractivity contribution is 0.0193. The topological polar surface area (TPSA) is 75.0 Å². The maximum absolute atomic E-state index is 14.2. The first-order valence-electron chi connectivity index (χ1n) is 13.2. The molecule has 1 N–H and O–H groups in total. The van der Waals surface area contributed by atoms with Crippen LogP contribution in [0.5, 0.6) is 0 Å². The number of carboxylic acids is 1. The van der Waals surface area contributed by atoms with Gasteiger partial charge in [0.1, 0.15) is 0 Å². The summed E-state index contributed by atoms with van der Waals surface area (Å²) >= 11 is 6.37. The minimum Gasteiger partial charge on any atom is -0.478 e. The molecule has 1 unspecified atom stereocenters. The average Bonchev–Trinajstić information content (AvgIpc) is 3.23. The van der Waals surface area contributed by atoms with Crippen LogP contribution >= 0.6 is 11.6 Å². The van der Waals surface area contributed by atoms with E-state index in [1.807, 2.05) is 36.4 Å². The third kappa shape index (κ3) is 5.65. The van der Waals surface area contributed by atoms with E-state index in [9.17, 15) is 14.7 Å². The minimum absolute atomic E-state index is 0.0127. The first-order chi connectivity index (χ1) is 18.3. The number of hydrogen-bond acceptors (Lipinski definition) is 4. The molecule has 5 rings (SSSR count). The van der Waals surface area contributed by atoms with Gasteiger partial charge in [0.2, 0.25) is 0 Å². The minimum atomic E-state index is -0.998. The highest BCUT2D eigenvalue weighted by molar-refractivity contribution is 6.31. The van der Waals surface area contributed by atoms with Crippen LogP contribution in [0.1, 0.15) is 51.4 Å². The van der Waals surface area contributed by atoms with Gasteiger partial charge in [-0.2, -0.15) is 0 Å². The highest BCUT2D eigenvalue weighted by Crippen LogP contribution is 2.33. The van der Waals surface area contributed by atoms with Crippen LogP contribution in [0.15, 0.2) is 48.5 Å². The molecule has 8 heteroatoms. The standard InChI is InChI=1S/C28H30ClN3O4.C2H6/c1-18-24(28(34)35)15-26(30(18)2)25-14-21(29)7-8-23(25)27(33)32-16-20-6-4-3-5-19(20)13-22(32)17-31-9-11-36-12-10-31;1-2/h3-8,14-15,22H,9-13,16-17H2,1-2H3,(H,34,35);1-2H3. The summed E-state index contributed by atoms with van der Waals surface area (Å²) < 4.78 is 7.33. The Balaban J connectivity index is 0.00000164. The van der Waals surface area contributed by atoms with Gasteiger partial charge in [-0.25, -0.2) is 4.79 Å². The van der Waals surface area contributed by atoms with Crippen LogP contribution in [0.4, 0.5) is 0 Å². The average molecular weight is 538 g/mol. The Kier molecular flexibility index (Phi) is 8.92. The molecule has 1 fully saturated rings. The molecule has 0 bridgehead atoms. The van der Waals surface area contributed by atoms with E-state index in [1.54, 1.807) is 31.2 Å². The van der Waals surface area contributed by atoms with Crippen molar-refractivity contribution in [3.05, 3.63) is 81.5 Å². The molecule has 2 aliphatic rings. The lowest BCUT2D eigenvalue weighted by Gasteiger charge is -2.40. The van der Waals surface area contributed by atoms with Crippen molar-refractivity contribution >= 4 is 23.5 Å². The number of carbonyl (C=O) groups excluding carboxylic acids is 1. The first-order valence-corrected chi connectivity index (χ1v) is 13.6.